The molecule has 9 heteroatoms. The minimum Gasteiger partial charge on any atom is -0.450 e. The highest BCUT2D eigenvalue weighted by molar-refractivity contribution is 5.79. The molecule has 0 radical (unpaired) electrons. The Morgan fingerprint density at radius 3 is 2.22 bits per heavy atom. The Balaban J connectivity index is 0.000000655. The number of benzene rings is 2. The number of hydrogen-bond acceptors (Lipinski definition) is 6. The van der Waals surface area contributed by atoms with Crippen molar-refractivity contribution in [2.24, 2.45) is 0 Å². The van der Waals surface area contributed by atoms with Crippen molar-refractivity contribution in [3.63, 3.8) is 0 Å². The molecule has 0 atom stereocenters. The number of aromatic nitrogens is 4. The normalized spacial score (nSPS) is 12.5. The van der Waals surface area contributed by atoms with E-state index in [1.54, 1.807) is 10.9 Å². The number of hydrogen-bond donors (Lipinski definition) is 3. The van der Waals surface area contributed by atoms with E-state index in [9.17, 15) is 0 Å². The van der Waals surface area contributed by atoms with Gasteiger partial charge in [-0.15, -0.1) is 0 Å². The molecule has 3 heterocycles. The van der Waals surface area contributed by atoms with Crippen LogP contribution in [-0.4, -0.2) is 36.3 Å². The molecule has 1 aliphatic rings. The van der Waals surface area contributed by atoms with Crippen molar-refractivity contribution >= 4 is 17.7 Å². The van der Waals surface area contributed by atoms with Crippen LogP contribution in [0.15, 0.2) is 89.7 Å². The lowest BCUT2D eigenvalue weighted by Gasteiger charge is -2.09. The van der Waals surface area contributed by atoms with Gasteiger partial charge < -0.3 is 20.1 Å². The van der Waals surface area contributed by atoms with Gasteiger partial charge in [0.05, 0.1) is 0 Å². The molecule has 5 aromatic rings. The van der Waals surface area contributed by atoms with Crippen LogP contribution in [0.5, 0.6) is 0 Å². The molecule has 0 unspecified atom stereocenters. The largest absolute Gasteiger partial charge is 0.503 e. The minimum absolute atomic E-state index is 0.689. The van der Waals surface area contributed by atoms with Crippen molar-refractivity contribution in [3.8, 4) is 28.3 Å². The van der Waals surface area contributed by atoms with Crippen molar-refractivity contribution in [1.82, 2.24) is 19.9 Å². The first-order chi connectivity index (χ1) is 18.0. The van der Waals surface area contributed by atoms with Gasteiger partial charge in [-0.1, -0.05) is 59.8 Å². The average molecular weight is 496 g/mol. The highest BCUT2D eigenvalue weighted by atomic mass is 16.6. The Bertz CT molecular complexity index is 1480. The molecule has 0 spiro atoms. The number of anilines is 2. The van der Waals surface area contributed by atoms with Gasteiger partial charge in [0.1, 0.15) is 17.2 Å². The van der Waals surface area contributed by atoms with E-state index in [0.717, 1.165) is 28.7 Å². The van der Waals surface area contributed by atoms with E-state index in [0.29, 0.717) is 11.6 Å². The summed E-state index contributed by atoms with van der Waals surface area (Å²) in [6, 6.07) is 25.0. The highest BCUT2D eigenvalue weighted by Crippen LogP contribution is 2.40. The van der Waals surface area contributed by atoms with Gasteiger partial charge >= 0.3 is 6.16 Å². The first-order valence-corrected chi connectivity index (χ1v) is 11.8. The Kier molecular flexibility index (Phi) is 6.67. The first-order valence-electron chi connectivity index (χ1n) is 11.8. The van der Waals surface area contributed by atoms with Crippen LogP contribution in [0.3, 0.4) is 0 Å². The molecule has 0 saturated heterocycles. The van der Waals surface area contributed by atoms with Gasteiger partial charge in [0.15, 0.2) is 11.6 Å². The number of carbonyl (C=O) groups is 1. The van der Waals surface area contributed by atoms with Crippen LogP contribution in [0.25, 0.3) is 28.3 Å². The number of rotatable bonds is 6. The average Bonchev–Trinajstić information content (AvgIpc) is 3.49. The molecule has 186 valence electrons. The topological polar surface area (TPSA) is 126 Å². The lowest BCUT2D eigenvalue weighted by atomic mass is 10.0. The summed E-state index contributed by atoms with van der Waals surface area (Å²) >= 11 is 0. The third kappa shape index (κ3) is 5.67. The van der Waals surface area contributed by atoms with Crippen molar-refractivity contribution in [2.45, 2.75) is 25.7 Å². The fourth-order valence-electron chi connectivity index (χ4n) is 4.05. The number of carboxylic acid groups (broad SMARTS) is 2. The molecule has 2 aromatic carbocycles. The maximum absolute atomic E-state index is 8.56. The summed E-state index contributed by atoms with van der Waals surface area (Å²) in [6.45, 7) is 1.92. The summed E-state index contributed by atoms with van der Waals surface area (Å²) in [7, 11) is 0. The van der Waals surface area contributed by atoms with Gasteiger partial charge in [0.25, 0.3) is 0 Å². The van der Waals surface area contributed by atoms with Gasteiger partial charge in [-0.3, -0.25) is 0 Å². The molecule has 37 heavy (non-hydrogen) atoms. The minimum atomic E-state index is -1.83. The summed E-state index contributed by atoms with van der Waals surface area (Å²) in [5.41, 5.74) is 6.39. The summed E-state index contributed by atoms with van der Waals surface area (Å²) < 4.78 is 7.42. The molecule has 9 nitrogen and oxygen atoms in total. The standard InChI is InChI=1S/C27H23N5O.CH2O3/c1-18-26(30-24-4-2-5-25(29-24)32-17-3-16-28-32)27(33-31-18)23-14-12-22(13-15-23)21-10-8-20(9-11-21)19-6-7-19;2-1(3)4/h2-5,8-17,19H,6-7H2,1H3,(H,29,30);(H2,2,3,4). The van der Waals surface area contributed by atoms with Crippen molar-refractivity contribution < 1.29 is 19.5 Å². The Labute approximate surface area is 213 Å². The SMILES string of the molecule is Cc1noc(-c2ccc(-c3ccc(C4CC4)cc3)cc2)c1Nc1cccc(-n2cccn2)n1.O=C(O)O. The summed E-state index contributed by atoms with van der Waals surface area (Å²) in [6.07, 6.45) is 4.41. The van der Waals surface area contributed by atoms with Gasteiger partial charge in [-0.25, -0.2) is 14.5 Å². The van der Waals surface area contributed by atoms with E-state index in [1.807, 2.05) is 37.4 Å². The molecule has 3 aromatic heterocycles. The van der Waals surface area contributed by atoms with Crippen molar-refractivity contribution in [3.05, 3.63) is 96.4 Å². The molecular formula is C28H25N5O4. The van der Waals surface area contributed by atoms with Crippen LogP contribution in [0.4, 0.5) is 16.3 Å². The van der Waals surface area contributed by atoms with Crippen LogP contribution in [0, 0.1) is 6.92 Å². The maximum atomic E-state index is 8.56. The van der Waals surface area contributed by atoms with Crippen LogP contribution in [-0.2, 0) is 0 Å². The molecule has 3 N–H and O–H groups in total. The van der Waals surface area contributed by atoms with Gasteiger partial charge in [0, 0.05) is 18.0 Å². The molecule has 6 rings (SSSR count). The quantitative estimate of drug-likeness (QED) is 0.236. The number of nitrogens with one attached hydrogen (secondary N) is 1. The zero-order chi connectivity index (χ0) is 25.8. The summed E-state index contributed by atoms with van der Waals surface area (Å²) in [4.78, 5) is 13.2. The van der Waals surface area contributed by atoms with E-state index in [1.165, 1.54) is 29.5 Å². The van der Waals surface area contributed by atoms with E-state index in [-0.39, 0.29) is 0 Å². The predicted octanol–water partition coefficient (Wildman–Crippen LogP) is 6.74. The third-order valence-electron chi connectivity index (χ3n) is 6.03. The van der Waals surface area contributed by atoms with E-state index in [4.69, 9.17) is 19.5 Å². The smallest absolute Gasteiger partial charge is 0.450 e. The van der Waals surface area contributed by atoms with Crippen molar-refractivity contribution in [2.75, 3.05) is 5.32 Å². The third-order valence-corrected chi connectivity index (χ3v) is 6.03. The molecule has 0 aliphatic heterocycles. The Morgan fingerprint density at radius 1 is 0.946 bits per heavy atom. The molecule has 1 saturated carbocycles. The fourth-order valence-corrected chi connectivity index (χ4v) is 4.05. The fraction of sp³-hybridized carbons (Fsp3) is 0.143. The van der Waals surface area contributed by atoms with Crippen LogP contribution in [0.1, 0.15) is 30.0 Å². The second-order valence-electron chi connectivity index (χ2n) is 8.68. The van der Waals surface area contributed by atoms with Crippen LogP contribution in [0.2, 0.25) is 0 Å². The summed E-state index contributed by atoms with van der Waals surface area (Å²) in [5, 5.41) is 25.8. The van der Waals surface area contributed by atoms with E-state index >= 15 is 0 Å². The van der Waals surface area contributed by atoms with Crippen LogP contribution < -0.4 is 5.32 Å². The second-order valence-corrected chi connectivity index (χ2v) is 8.68. The van der Waals surface area contributed by atoms with E-state index < -0.39 is 6.16 Å². The molecule has 1 aliphatic carbocycles. The highest BCUT2D eigenvalue weighted by Gasteiger charge is 2.23. The van der Waals surface area contributed by atoms with Gasteiger partial charge in [0.2, 0.25) is 0 Å². The van der Waals surface area contributed by atoms with Crippen LogP contribution >= 0.6 is 0 Å². The lowest BCUT2D eigenvalue weighted by molar-refractivity contribution is 0.137. The zero-order valence-electron chi connectivity index (χ0n) is 20.1. The second kappa shape index (κ2) is 10.4. The number of aryl methyl sites for hydroxylation is 1. The lowest BCUT2D eigenvalue weighted by Crippen LogP contribution is -2.01. The molecule has 1 fully saturated rings. The van der Waals surface area contributed by atoms with E-state index in [2.05, 4.69) is 69.1 Å². The summed E-state index contributed by atoms with van der Waals surface area (Å²) in [5.74, 6) is 2.90. The van der Waals surface area contributed by atoms with Gasteiger partial charge in [-0.2, -0.15) is 5.10 Å². The number of nitrogens with zero attached hydrogens (tertiary/aromatic N) is 4. The van der Waals surface area contributed by atoms with Gasteiger partial charge in [-0.05, 0) is 60.6 Å². The van der Waals surface area contributed by atoms with Crippen molar-refractivity contribution in [1.29, 1.82) is 0 Å². The zero-order valence-corrected chi connectivity index (χ0v) is 20.1. The number of pyridine rings is 1. The Morgan fingerprint density at radius 2 is 1.59 bits per heavy atom. The molecule has 0 bridgehead atoms. The molecular weight excluding hydrogens is 470 g/mol. The maximum Gasteiger partial charge on any atom is 0.503 e. The Hall–Kier alpha value is -4.92. The predicted molar refractivity (Wildman–Crippen MR) is 139 cm³/mol. The molecule has 0 amide bonds. The first kappa shape index (κ1) is 23.8. The monoisotopic (exact) mass is 495 g/mol.